The number of piperidine rings is 1. The number of hydrogen-bond donors (Lipinski definition) is 2. The Morgan fingerprint density at radius 3 is 2.46 bits per heavy atom. The maximum atomic E-state index is 9.50. The molecule has 0 amide bonds. The van der Waals surface area contributed by atoms with Gasteiger partial charge in [0.25, 0.3) is 0 Å². The van der Waals surface area contributed by atoms with Gasteiger partial charge in [-0.2, -0.15) is 0 Å². The second-order valence-electron chi connectivity index (χ2n) is 3.62. The molecule has 2 N–H and O–H groups in total. The maximum absolute atomic E-state index is 9.50. The van der Waals surface area contributed by atoms with Crippen molar-refractivity contribution in [3.8, 4) is 0 Å². The standard InChI is InChI=1S/C8H15NO2.C2H6/c10-7-5-9-4-2-1-3-6(9)8(7)11;1-2/h6-8,10-11H,1-5H2;1-2H3/t6?,7-,8+;/m1./s1. The van der Waals surface area contributed by atoms with Crippen molar-refractivity contribution in [2.24, 2.45) is 0 Å². The Hall–Kier alpha value is -0.120. The Morgan fingerprint density at radius 1 is 1.15 bits per heavy atom. The minimum absolute atomic E-state index is 0.249. The number of fused-ring (bicyclic) bond motifs is 1. The fraction of sp³-hybridized carbons (Fsp3) is 1.00. The average molecular weight is 187 g/mol. The van der Waals surface area contributed by atoms with Crippen LogP contribution in [-0.2, 0) is 0 Å². The smallest absolute Gasteiger partial charge is 0.0966 e. The van der Waals surface area contributed by atoms with Crippen LogP contribution in [-0.4, -0.2) is 46.5 Å². The summed E-state index contributed by atoms with van der Waals surface area (Å²) in [7, 11) is 0. The van der Waals surface area contributed by atoms with Crippen LogP contribution in [0.5, 0.6) is 0 Å². The van der Waals surface area contributed by atoms with Gasteiger partial charge in [0.1, 0.15) is 0 Å². The molecule has 0 aliphatic carbocycles. The number of aliphatic hydroxyl groups is 2. The molecule has 2 heterocycles. The Kier molecular flexibility index (Phi) is 4.16. The number of aliphatic hydroxyl groups excluding tert-OH is 2. The third-order valence-electron chi connectivity index (χ3n) is 2.87. The summed E-state index contributed by atoms with van der Waals surface area (Å²) in [5, 5.41) is 18.8. The lowest BCUT2D eigenvalue weighted by Gasteiger charge is -2.29. The van der Waals surface area contributed by atoms with Crippen molar-refractivity contribution in [1.82, 2.24) is 4.90 Å². The summed E-state index contributed by atoms with van der Waals surface area (Å²) in [6, 6.07) is 0.249. The molecule has 13 heavy (non-hydrogen) atoms. The predicted molar refractivity (Wildman–Crippen MR) is 52.6 cm³/mol. The molecule has 0 aromatic carbocycles. The van der Waals surface area contributed by atoms with Gasteiger partial charge in [-0.1, -0.05) is 20.3 Å². The van der Waals surface area contributed by atoms with Gasteiger partial charge < -0.3 is 10.2 Å². The van der Waals surface area contributed by atoms with Crippen molar-refractivity contribution < 1.29 is 10.2 Å². The van der Waals surface area contributed by atoms with E-state index in [-0.39, 0.29) is 6.04 Å². The van der Waals surface area contributed by atoms with Crippen LogP contribution in [0.1, 0.15) is 33.1 Å². The Balaban J connectivity index is 0.000000396. The Morgan fingerprint density at radius 2 is 1.85 bits per heavy atom. The van der Waals surface area contributed by atoms with E-state index < -0.39 is 12.2 Å². The molecule has 2 saturated heterocycles. The van der Waals surface area contributed by atoms with Crippen molar-refractivity contribution in [3.05, 3.63) is 0 Å². The first-order valence-corrected chi connectivity index (χ1v) is 5.39. The van der Waals surface area contributed by atoms with Gasteiger partial charge in [-0.3, -0.25) is 4.90 Å². The molecule has 0 bridgehead atoms. The summed E-state index contributed by atoms with van der Waals surface area (Å²) in [4.78, 5) is 2.21. The maximum Gasteiger partial charge on any atom is 0.0966 e. The molecular formula is C10H21NO2. The molecule has 78 valence electrons. The molecule has 3 heteroatoms. The second-order valence-corrected chi connectivity index (χ2v) is 3.62. The van der Waals surface area contributed by atoms with Crippen molar-refractivity contribution in [2.75, 3.05) is 13.1 Å². The van der Waals surface area contributed by atoms with Crippen LogP contribution < -0.4 is 0 Å². The molecule has 0 aromatic rings. The highest BCUT2D eigenvalue weighted by Gasteiger charge is 2.40. The first-order chi connectivity index (χ1) is 6.29. The molecule has 3 nitrogen and oxygen atoms in total. The number of nitrogens with zero attached hydrogens (tertiary/aromatic N) is 1. The van der Waals surface area contributed by atoms with E-state index in [4.69, 9.17) is 0 Å². The molecular weight excluding hydrogens is 166 g/mol. The Labute approximate surface area is 80.4 Å². The highest BCUT2D eigenvalue weighted by Crippen LogP contribution is 2.26. The van der Waals surface area contributed by atoms with E-state index in [0.29, 0.717) is 6.54 Å². The summed E-state index contributed by atoms with van der Waals surface area (Å²) in [5.74, 6) is 0. The number of rotatable bonds is 0. The zero-order valence-corrected chi connectivity index (χ0v) is 8.61. The molecule has 2 fully saturated rings. The molecule has 2 rings (SSSR count). The van der Waals surface area contributed by atoms with Crippen molar-refractivity contribution >= 4 is 0 Å². The molecule has 0 aromatic heterocycles. The van der Waals surface area contributed by atoms with Crippen LogP contribution in [0, 0.1) is 0 Å². The highest BCUT2D eigenvalue weighted by atomic mass is 16.3. The van der Waals surface area contributed by atoms with E-state index in [9.17, 15) is 10.2 Å². The van der Waals surface area contributed by atoms with Crippen LogP contribution >= 0.6 is 0 Å². The Bertz CT molecular complexity index is 152. The molecule has 3 atom stereocenters. The van der Waals surface area contributed by atoms with Gasteiger partial charge in [0, 0.05) is 12.6 Å². The van der Waals surface area contributed by atoms with Crippen molar-refractivity contribution in [2.45, 2.75) is 51.4 Å². The summed E-state index contributed by atoms with van der Waals surface area (Å²) in [6.07, 6.45) is 2.48. The topological polar surface area (TPSA) is 43.7 Å². The lowest BCUT2D eigenvalue weighted by molar-refractivity contribution is 0.0318. The monoisotopic (exact) mass is 187 g/mol. The van der Waals surface area contributed by atoms with Crippen molar-refractivity contribution in [3.63, 3.8) is 0 Å². The molecule has 0 spiro atoms. The fourth-order valence-electron chi connectivity index (χ4n) is 2.23. The van der Waals surface area contributed by atoms with E-state index in [1.807, 2.05) is 13.8 Å². The quantitative estimate of drug-likeness (QED) is 0.584. The van der Waals surface area contributed by atoms with Crippen molar-refractivity contribution in [1.29, 1.82) is 0 Å². The first kappa shape index (κ1) is 11.0. The van der Waals surface area contributed by atoms with E-state index in [2.05, 4.69) is 4.90 Å². The molecule has 0 radical (unpaired) electrons. The van der Waals surface area contributed by atoms with E-state index in [1.165, 1.54) is 12.8 Å². The third kappa shape index (κ3) is 2.22. The van der Waals surface area contributed by atoms with E-state index in [1.54, 1.807) is 0 Å². The van der Waals surface area contributed by atoms with E-state index in [0.717, 1.165) is 13.0 Å². The number of hydrogen-bond acceptors (Lipinski definition) is 3. The molecule has 2 aliphatic rings. The second kappa shape index (κ2) is 4.94. The first-order valence-electron chi connectivity index (χ1n) is 5.39. The van der Waals surface area contributed by atoms with Gasteiger partial charge in [0.2, 0.25) is 0 Å². The lowest BCUT2D eigenvalue weighted by atomic mass is 10.0. The normalized spacial score (nSPS) is 39.2. The molecule has 2 aliphatic heterocycles. The average Bonchev–Trinajstić information content (AvgIpc) is 2.47. The minimum Gasteiger partial charge on any atom is -0.389 e. The molecule has 1 unspecified atom stereocenters. The van der Waals surface area contributed by atoms with Gasteiger partial charge in [-0.15, -0.1) is 0 Å². The van der Waals surface area contributed by atoms with E-state index >= 15 is 0 Å². The summed E-state index contributed by atoms with van der Waals surface area (Å²) < 4.78 is 0. The zero-order valence-electron chi connectivity index (χ0n) is 8.61. The van der Waals surface area contributed by atoms with Crippen LogP contribution in [0.3, 0.4) is 0 Å². The van der Waals surface area contributed by atoms with Crippen LogP contribution in [0.15, 0.2) is 0 Å². The minimum atomic E-state index is -0.502. The SMILES string of the molecule is CC.O[C@@H]1CN2CCCCC2[C@@H]1O. The predicted octanol–water partition coefficient (Wildman–Crippen LogP) is 0.602. The third-order valence-corrected chi connectivity index (χ3v) is 2.87. The van der Waals surface area contributed by atoms with Crippen LogP contribution in [0.4, 0.5) is 0 Å². The summed E-state index contributed by atoms with van der Waals surface area (Å²) in [5.41, 5.74) is 0. The van der Waals surface area contributed by atoms with Crippen LogP contribution in [0.25, 0.3) is 0 Å². The highest BCUT2D eigenvalue weighted by molar-refractivity contribution is 4.94. The summed E-state index contributed by atoms with van der Waals surface area (Å²) in [6.45, 7) is 5.73. The van der Waals surface area contributed by atoms with Gasteiger partial charge >= 0.3 is 0 Å². The lowest BCUT2D eigenvalue weighted by Crippen LogP contribution is -2.39. The molecule has 0 saturated carbocycles. The largest absolute Gasteiger partial charge is 0.389 e. The van der Waals surface area contributed by atoms with Crippen LogP contribution in [0.2, 0.25) is 0 Å². The zero-order chi connectivity index (χ0) is 9.84. The van der Waals surface area contributed by atoms with Gasteiger partial charge in [0.05, 0.1) is 12.2 Å². The van der Waals surface area contributed by atoms with Gasteiger partial charge in [0.15, 0.2) is 0 Å². The van der Waals surface area contributed by atoms with Gasteiger partial charge in [-0.25, -0.2) is 0 Å². The van der Waals surface area contributed by atoms with Gasteiger partial charge in [-0.05, 0) is 19.4 Å². The fourth-order valence-corrected chi connectivity index (χ4v) is 2.23. The summed E-state index contributed by atoms with van der Waals surface area (Å²) >= 11 is 0.